The Balaban J connectivity index is 1.68. The van der Waals surface area contributed by atoms with Crippen molar-refractivity contribution in [2.45, 2.75) is 17.7 Å². The van der Waals surface area contributed by atoms with E-state index in [2.05, 4.69) is 5.32 Å². The average Bonchev–Trinajstić information content (AvgIpc) is 2.70. The maximum atomic E-state index is 13.0. The van der Waals surface area contributed by atoms with E-state index in [-0.39, 0.29) is 35.6 Å². The normalized spacial score (nSPS) is 15.9. The Bertz CT molecular complexity index is 1020. The van der Waals surface area contributed by atoms with Crippen LogP contribution in [0.3, 0.4) is 0 Å². The molecule has 0 spiro atoms. The van der Waals surface area contributed by atoms with Gasteiger partial charge in [0.15, 0.2) is 0 Å². The van der Waals surface area contributed by atoms with E-state index in [0.29, 0.717) is 33.6 Å². The Morgan fingerprint density at radius 2 is 1.69 bits per heavy atom. The van der Waals surface area contributed by atoms with E-state index in [1.54, 1.807) is 24.3 Å². The van der Waals surface area contributed by atoms with Crippen molar-refractivity contribution >= 4 is 56.4 Å². The Morgan fingerprint density at radius 3 is 2.31 bits per heavy atom. The molecular weight excluding hydrogens is 459 g/mol. The van der Waals surface area contributed by atoms with Crippen LogP contribution in [0.4, 0.5) is 5.69 Å². The molecule has 0 aromatic heterocycles. The van der Waals surface area contributed by atoms with Crippen LogP contribution in [-0.4, -0.2) is 38.8 Å². The number of carbonyl (C=O) groups excluding carboxylic acids is 1. The third kappa shape index (κ3) is 4.98. The molecule has 156 valence electrons. The van der Waals surface area contributed by atoms with Crippen LogP contribution in [0.5, 0.6) is 5.75 Å². The second-order valence-electron chi connectivity index (χ2n) is 6.59. The standard InChI is InChI=1S/C19H19Cl3N2O4S/c1-28-17-5-3-14(21)11-18(17)29(26,27)24-8-6-12(7-9-24)19(25)23-16-4-2-13(20)10-15(16)22/h2-5,10-12H,6-9H2,1H3,(H,23,25). The first-order chi connectivity index (χ1) is 13.7. The first kappa shape index (κ1) is 22.2. The van der Waals surface area contributed by atoms with E-state index in [1.165, 1.54) is 23.5 Å². The number of amides is 1. The van der Waals surface area contributed by atoms with Gasteiger partial charge in [-0.15, -0.1) is 0 Å². The minimum Gasteiger partial charge on any atom is -0.495 e. The third-order valence-electron chi connectivity index (χ3n) is 4.76. The zero-order chi connectivity index (χ0) is 21.2. The van der Waals surface area contributed by atoms with E-state index in [9.17, 15) is 13.2 Å². The lowest BCUT2D eigenvalue weighted by atomic mass is 9.97. The number of benzene rings is 2. The molecule has 0 saturated carbocycles. The van der Waals surface area contributed by atoms with Crippen LogP contribution < -0.4 is 10.1 Å². The highest BCUT2D eigenvalue weighted by molar-refractivity contribution is 7.89. The van der Waals surface area contributed by atoms with Gasteiger partial charge in [-0.05, 0) is 49.2 Å². The minimum absolute atomic E-state index is 0.0170. The molecular formula is C19H19Cl3N2O4S. The summed E-state index contributed by atoms with van der Waals surface area (Å²) in [5, 5.41) is 3.91. The number of hydrogen-bond acceptors (Lipinski definition) is 4. The number of piperidine rings is 1. The Hall–Kier alpha value is -1.51. The topological polar surface area (TPSA) is 75.7 Å². The maximum absolute atomic E-state index is 13.0. The van der Waals surface area contributed by atoms with Gasteiger partial charge in [-0.25, -0.2) is 8.42 Å². The molecule has 0 unspecified atom stereocenters. The van der Waals surface area contributed by atoms with Crippen molar-refractivity contribution in [2.75, 3.05) is 25.5 Å². The molecule has 0 bridgehead atoms. The fourth-order valence-corrected chi connectivity index (χ4v) is 5.52. The molecule has 1 aliphatic rings. The molecule has 3 rings (SSSR count). The second-order valence-corrected chi connectivity index (χ2v) is 9.77. The van der Waals surface area contributed by atoms with E-state index in [4.69, 9.17) is 39.5 Å². The highest BCUT2D eigenvalue weighted by Gasteiger charge is 2.34. The smallest absolute Gasteiger partial charge is 0.246 e. The van der Waals surface area contributed by atoms with Crippen molar-refractivity contribution in [3.63, 3.8) is 0 Å². The molecule has 0 radical (unpaired) electrons. The molecule has 1 heterocycles. The molecule has 6 nitrogen and oxygen atoms in total. The summed E-state index contributed by atoms with van der Waals surface area (Å²) in [6, 6.07) is 9.27. The summed E-state index contributed by atoms with van der Waals surface area (Å²) in [6.45, 7) is 0.425. The van der Waals surface area contributed by atoms with Gasteiger partial charge in [0.1, 0.15) is 10.6 Å². The lowest BCUT2D eigenvalue weighted by Gasteiger charge is -2.31. The number of hydrogen-bond donors (Lipinski definition) is 1. The molecule has 1 fully saturated rings. The zero-order valence-corrected chi connectivity index (χ0v) is 18.6. The molecule has 1 saturated heterocycles. The lowest BCUT2D eigenvalue weighted by molar-refractivity contribution is -0.120. The minimum atomic E-state index is -3.79. The maximum Gasteiger partial charge on any atom is 0.246 e. The number of rotatable bonds is 5. The molecule has 1 aliphatic heterocycles. The summed E-state index contributed by atoms with van der Waals surface area (Å²) in [4.78, 5) is 12.6. The van der Waals surface area contributed by atoms with Crippen LogP contribution in [0.15, 0.2) is 41.3 Å². The van der Waals surface area contributed by atoms with Crippen molar-refractivity contribution in [2.24, 2.45) is 5.92 Å². The van der Waals surface area contributed by atoms with E-state index < -0.39 is 10.0 Å². The van der Waals surface area contributed by atoms with Gasteiger partial charge >= 0.3 is 0 Å². The van der Waals surface area contributed by atoms with Gasteiger partial charge in [0, 0.05) is 29.1 Å². The van der Waals surface area contributed by atoms with Crippen LogP contribution in [0.1, 0.15) is 12.8 Å². The average molecular weight is 478 g/mol. The zero-order valence-electron chi connectivity index (χ0n) is 15.5. The fraction of sp³-hybridized carbons (Fsp3) is 0.316. The Kier molecular flexibility index (Phi) is 6.96. The predicted molar refractivity (Wildman–Crippen MR) is 115 cm³/mol. The van der Waals surface area contributed by atoms with Crippen molar-refractivity contribution in [3.8, 4) is 5.75 Å². The number of halogens is 3. The molecule has 29 heavy (non-hydrogen) atoms. The van der Waals surface area contributed by atoms with Crippen LogP contribution in [0.25, 0.3) is 0 Å². The summed E-state index contributed by atoms with van der Waals surface area (Å²) >= 11 is 17.9. The monoisotopic (exact) mass is 476 g/mol. The summed E-state index contributed by atoms with van der Waals surface area (Å²) < 4.78 is 32.6. The van der Waals surface area contributed by atoms with Crippen LogP contribution >= 0.6 is 34.8 Å². The Labute approximate surface area is 184 Å². The van der Waals surface area contributed by atoms with Crippen LogP contribution in [0.2, 0.25) is 15.1 Å². The van der Waals surface area contributed by atoms with Gasteiger partial charge in [0.2, 0.25) is 15.9 Å². The van der Waals surface area contributed by atoms with Gasteiger partial charge in [0.25, 0.3) is 0 Å². The van der Waals surface area contributed by atoms with Gasteiger partial charge in [-0.2, -0.15) is 4.31 Å². The van der Waals surface area contributed by atoms with Gasteiger partial charge < -0.3 is 10.1 Å². The molecule has 1 N–H and O–H groups in total. The molecule has 10 heteroatoms. The summed E-state index contributed by atoms with van der Waals surface area (Å²) in [5.41, 5.74) is 0.472. The summed E-state index contributed by atoms with van der Waals surface area (Å²) in [6.07, 6.45) is 0.776. The largest absolute Gasteiger partial charge is 0.495 e. The third-order valence-corrected chi connectivity index (χ3v) is 7.46. The number of carbonyl (C=O) groups is 1. The SMILES string of the molecule is COc1ccc(Cl)cc1S(=O)(=O)N1CCC(C(=O)Nc2ccc(Cl)cc2Cl)CC1. The van der Waals surface area contributed by atoms with Crippen molar-refractivity contribution in [3.05, 3.63) is 51.5 Å². The quantitative estimate of drug-likeness (QED) is 0.677. The number of sulfonamides is 1. The van der Waals surface area contributed by atoms with Crippen molar-refractivity contribution in [1.29, 1.82) is 0 Å². The second kappa shape index (κ2) is 9.10. The molecule has 1 amide bonds. The van der Waals surface area contributed by atoms with Gasteiger partial charge in [-0.1, -0.05) is 34.8 Å². The summed E-state index contributed by atoms with van der Waals surface area (Å²) in [5.74, 6) is -0.298. The molecule has 0 atom stereocenters. The fourth-order valence-electron chi connectivity index (χ4n) is 3.18. The predicted octanol–water partition coefficient (Wildman–Crippen LogP) is 4.69. The van der Waals surface area contributed by atoms with Crippen LogP contribution in [-0.2, 0) is 14.8 Å². The highest BCUT2D eigenvalue weighted by atomic mass is 35.5. The van der Waals surface area contributed by atoms with E-state index in [0.717, 1.165) is 0 Å². The first-order valence-corrected chi connectivity index (χ1v) is 11.4. The Morgan fingerprint density at radius 1 is 1.07 bits per heavy atom. The van der Waals surface area contributed by atoms with Gasteiger partial charge in [-0.3, -0.25) is 4.79 Å². The molecule has 2 aromatic rings. The lowest BCUT2D eigenvalue weighted by Crippen LogP contribution is -2.41. The number of nitrogens with zero attached hydrogens (tertiary/aromatic N) is 1. The molecule has 0 aliphatic carbocycles. The van der Waals surface area contributed by atoms with Crippen molar-refractivity contribution < 1.29 is 17.9 Å². The van der Waals surface area contributed by atoms with Crippen molar-refractivity contribution in [1.82, 2.24) is 4.31 Å². The van der Waals surface area contributed by atoms with E-state index >= 15 is 0 Å². The number of ether oxygens (including phenoxy) is 1. The van der Waals surface area contributed by atoms with Gasteiger partial charge in [0.05, 0.1) is 17.8 Å². The highest BCUT2D eigenvalue weighted by Crippen LogP contribution is 2.32. The molecule has 2 aromatic carbocycles. The number of nitrogens with one attached hydrogen (secondary N) is 1. The van der Waals surface area contributed by atoms with E-state index in [1.807, 2.05) is 0 Å². The number of methoxy groups -OCH3 is 1. The first-order valence-electron chi connectivity index (χ1n) is 8.82. The summed E-state index contributed by atoms with van der Waals surface area (Å²) in [7, 11) is -2.39. The van der Waals surface area contributed by atoms with Crippen LogP contribution in [0, 0.1) is 5.92 Å². The number of anilines is 1.